The number of carbonyl (C=O) groups excluding carboxylic acids is 1. The smallest absolute Gasteiger partial charge is 0.148 e. The Hall–Kier alpha value is -0.310. The molecule has 9 heavy (non-hydrogen) atoms. The highest BCUT2D eigenvalue weighted by molar-refractivity contribution is 8.14. The molecule has 0 bridgehead atoms. The van der Waals surface area contributed by atoms with Gasteiger partial charge in [-0.3, -0.25) is 4.99 Å². The molecule has 0 fully saturated rings. The lowest BCUT2D eigenvalue weighted by Crippen LogP contribution is -2.23. The summed E-state index contributed by atoms with van der Waals surface area (Å²) < 4.78 is 0. The predicted octanol–water partition coefficient (Wildman–Crippen LogP) is 1.11. The highest BCUT2D eigenvalue weighted by atomic mass is 32.2. The van der Waals surface area contributed by atoms with E-state index in [0.717, 1.165) is 17.1 Å². The quantitative estimate of drug-likeness (QED) is 0.514. The maximum Gasteiger partial charge on any atom is 0.148 e. The molecular weight excluding hydrogens is 134 g/mol. The van der Waals surface area contributed by atoms with Crippen molar-refractivity contribution in [1.29, 1.82) is 0 Å². The molecule has 0 spiro atoms. The molecule has 50 valence electrons. The number of nitrogens with zero attached hydrogens (tertiary/aromatic N) is 1. The monoisotopic (exact) mass is 143 g/mol. The van der Waals surface area contributed by atoms with Crippen molar-refractivity contribution in [2.75, 3.05) is 5.75 Å². The van der Waals surface area contributed by atoms with Crippen LogP contribution in [0.2, 0.25) is 0 Å². The van der Waals surface area contributed by atoms with E-state index in [4.69, 9.17) is 0 Å². The molecule has 3 heteroatoms. The molecule has 0 aromatic rings. The molecule has 1 aliphatic rings. The van der Waals surface area contributed by atoms with Gasteiger partial charge < -0.3 is 4.79 Å². The number of aldehydes is 1. The number of thioether (sulfide) groups is 1. The molecule has 0 saturated heterocycles. The highest BCUT2D eigenvalue weighted by Crippen LogP contribution is 2.24. The third-order valence-corrected chi connectivity index (χ3v) is 2.48. The van der Waals surface area contributed by atoms with E-state index in [1.54, 1.807) is 11.8 Å². The van der Waals surface area contributed by atoms with E-state index in [9.17, 15) is 4.79 Å². The lowest BCUT2D eigenvalue weighted by atomic mass is 10.1. The molecule has 0 aliphatic carbocycles. The van der Waals surface area contributed by atoms with Gasteiger partial charge in [0.1, 0.15) is 11.8 Å². The van der Waals surface area contributed by atoms with Crippen molar-refractivity contribution in [3.8, 4) is 0 Å². The van der Waals surface area contributed by atoms with Crippen LogP contribution in [0.15, 0.2) is 4.99 Å². The Kier molecular flexibility index (Phi) is 1.62. The average molecular weight is 143 g/mol. The molecule has 1 atom stereocenters. The van der Waals surface area contributed by atoms with E-state index >= 15 is 0 Å². The van der Waals surface area contributed by atoms with Crippen LogP contribution < -0.4 is 0 Å². The topological polar surface area (TPSA) is 29.4 Å². The first-order valence-electron chi connectivity index (χ1n) is 2.82. The molecule has 0 radical (unpaired) electrons. The SMILES string of the molecule is CC1=NC(C)(C=O)CS1. The molecule has 1 aliphatic heterocycles. The van der Waals surface area contributed by atoms with Crippen molar-refractivity contribution >= 4 is 23.1 Å². The standard InChI is InChI=1S/C6H9NOS/c1-5-7-6(2,3-8)4-9-5/h3H,4H2,1-2H3. The molecule has 1 rings (SSSR count). The molecule has 0 aromatic carbocycles. The Balaban J connectivity index is 2.75. The van der Waals surface area contributed by atoms with Gasteiger partial charge in [0.15, 0.2) is 0 Å². The molecule has 0 saturated carbocycles. The van der Waals surface area contributed by atoms with Gasteiger partial charge in [-0.05, 0) is 13.8 Å². The summed E-state index contributed by atoms with van der Waals surface area (Å²) in [7, 11) is 0. The summed E-state index contributed by atoms with van der Waals surface area (Å²) >= 11 is 1.65. The number of aliphatic imine (C=N–C) groups is 1. The summed E-state index contributed by atoms with van der Waals surface area (Å²) in [5.41, 5.74) is -0.422. The van der Waals surface area contributed by atoms with Gasteiger partial charge in [-0.2, -0.15) is 0 Å². The Morgan fingerprint density at radius 2 is 2.56 bits per heavy atom. The van der Waals surface area contributed by atoms with Crippen molar-refractivity contribution in [2.24, 2.45) is 4.99 Å². The number of rotatable bonds is 1. The fourth-order valence-corrected chi connectivity index (χ4v) is 1.64. The largest absolute Gasteiger partial charge is 0.301 e. The number of hydrogen-bond donors (Lipinski definition) is 0. The van der Waals surface area contributed by atoms with E-state index in [1.165, 1.54) is 0 Å². The molecular formula is C6H9NOS. The summed E-state index contributed by atoms with van der Waals surface area (Å²) in [6, 6.07) is 0. The van der Waals surface area contributed by atoms with Crippen LogP contribution in [0.5, 0.6) is 0 Å². The average Bonchev–Trinajstić information content (AvgIpc) is 2.13. The van der Waals surface area contributed by atoms with Gasteiger partial charge in [0.2, 0.25) is 0 Å². The van der Waals surface area contributed by atoms with Crippen LogP contribution in [0.3, 0.4) is 0 Å². The second-order valence-corrected chi connectivity index (χ2v) is 3.56. The van der Waals surface area contributed by atoms with Crippen molar-refractivity contribution in [3.05, 3.63) is 0 Å². The van der Waals surface area contributed by atoms with Crippen molar-refractivity contribution in [1.82, 2.24) is 0 Å². The first kappa shape index (κ1) is 6.81. The zero-order valence-corrected chi connectivity index (χ0v) is 6.36. The van der Waals surface area contributed by atoms with E-state index in [-0.39, 0.29) is 0 Å². The Morgan fingerprint density at radius 3 is 2.78 bits per heavy atom. The Morgan fingerprint density at radius 1 is 1.89 bits per heavy atom. The van der Waals surface area contributed by atoms with Gasteiger partial charge in [0.05, 0.1) is 5.04 Å². The third-order valence-electron chi connectivity index (χ3n) is 1.24. The summed E-state index contributed by atoms with van der Waals surface area (Å²) in [6.07, 6.45) is 0.913. The predicted molar refractivity (Wildman–Crippen MR) is 40.0 cm³/mol. The van der Waals surface area contributed by atoms with Crippen molar-refractivity contribution in [2.45, 2.75) is 19.4 Å². The fraction of sp³-hybridized carbons (Fsp3) is 0.667. The molecule has 0 N–H and O–H groups in total. The van der Waals surface area contributed by atoms with Gasteiger partial charge in [-0.1, -0.05) is 0 Å². The first-order chi connectivity index (χ1) is 4.16. The minimum Gasteiger partial charge on any atom is -0.301 e. The molecule has 0 amide bonds. The van der Waals surface area contributed by atoms with Crippen LogP contribution in [-0.2, 0) is 4.79 Å². The normalized spacial score (nSPS) is 34.2. The van der Waals surface area contributed by atoms with Crippen LogP contribution in [0.1, 0.15) is 13.8 Å². The van der Waals surface area contributed by atoms with Gasteiger partial charge in [0.25, 0.3) is 0 Å². The maximum absolute atomic E-state index is 10.4. The summed E-state index contributed by atoms with van der Waals surface area (Å²) in [4.78, 5) is 14.5. The number of hydrogen-bond acceptors (Lipinski definition) is 3. The Bertz CT molecular complexity index is 166. The van der Waals surface area contributed by atoms with E-state index in [1.807, 2.05) is 13.8 Å². The molecule has 1 heterocycles. The summed E-state index contributed by atoms with van der Waals surface area (Å²) in [6.45, 7) is 3.78. The minimum absolute atomic E-state index is 0.422. The van der Waals surface area contributed by atoms with Gasteiger partial charge >= 0.3 is 0 Å². The zero-order chi connectivity index (χ0) is 6.91. The van der Waals surface area contributed by atoms with Crippen molar-refractivity contribution in [3.63, 3.8) is 0 Å². The zero-order valence-electron chi connectivity index (χ0n) is 5.55. The number of carbonyl (C=O) groups is 1. The van der Waals surface area contributed by atoms with Gasteiger partial charge in [-0.25, -0.2) is 0 Å². The molecule has 1 unspecified atom stereocenters. The van der Waals surface area contributed by atoms with Crippen LogP contribution >= 0.6 is 11.8 Å². The van der Waals surface area contributed by atoms with Crippen LogP contribution in [0, 0.1) is 0 Å². The van der Waals surface area contributed by atoms with Crippen molar-refractivity contribution < 1.29 is 4.79 Å². The second-order valence-electron chi connectivity index (χ2n) is 2.39. The summed E-state index contributed by atoms with van der Waals surface area (Å²) in [5.74, 6) is 0.808. The van der Waals surface area contributed by atoms with Crippen LogP contribution in [-0.4, -0.2) is 22.6 Å². The van der Waals surface area contributed by atoms with Gasteiger partial charge in [0, 0.05) is 5.75 Å². The molecule has 2 nitrogen and oxygen atoms in total. The lowest BCUT2D eigenvalue weighted by molar-refractivity contribution is -0.110. The second kappa shape index (κ2) is 2.14. The summed E-state index contributed by atoms with van der Waals surface area (Å²) in [5, 5.41) is 1.02. The lowest BCUT2D eigenvalue weighted by Gasteiger charge is -2.07. The van der Waals surface area contributed by atoms with E-state index in [0.29, 0.717) is 0 Å². The van der Waals surface area contributed by atoms with E-state index < -0.39 is 5.54 Å². The van der Waals surface area contributed by atoms with Crippen LogP contribution in [0.25, 0.3) is 0 Å². The van der Waals surface area contributed by atoms with Gasteiger partial charge in [-0.15, -0.1) is 11.8 Å². The van der Waals surface area contributed by atoms with Crippen LogP contribution in [0.4, 0.5) is 0 Å². The third kappa shape index (κ3) is 1.33. The molecule has 0 aromatic heterocycles. The first-order valence-corrected chi connectivity index (χ1v) is 3.80. The van der Waals surface area contributed by atoms with E-state index in [2.05, 4.69) is 4.99 Å². The fourth-order valence-electron chi connectivity index (χ4n) is 0.735. The highest BCUT2D eigenvalue weighted by Gasteiger charge is 2.27. The minimum atomic E-state index is -0.422. The maximum atomic E-state index is 10.4. The Labute approximate surface area is 58.7 Å².